The number of nitrogens with one attached hydrogen (secondary N) is 1. The minimum atomic E-state index is -3.42. The normalized spacial score (nSPS) is 12.3. The molecule has 0 radical (unpaired) electrons. The standard InChI is InChI=1S/C21H21N3O6S/c1-14(21(27)15-7-9-16(10-8-15)23-31(2,28)29)30-20(26)11-12-24-18-6-4-3-5-17(18)19(25)13-22-24/h3-10,13-14,23H,11-12H2,1-2H3. The minimum Gasteiger partial charge on any atom is -0.454 e. The molecule has 0 saturated heterocycles. The number of nitrogens with zero attached hydrogens (tertiary/aromatic N) is 2. The number of fused-ring (bicyclic) bond motifs is 1. The number of benzene rings is 2. The lowest BCUT2D eigenvalue weighted by atomic mass is 10.1. The molecule has 10 heteroatoms. The Morgan fingerprint density at radius 3 is 2.48 bits per heavy atom. The van der Waals surface area contributed by atoms with Crippen molar-refractivity contribution in [1.82, 2.24) is 9.78 Å². The lowest BCUT2D eigenvalue weighted by Crippen LogP contribution is -2.25. The van der Waals surface area contributed by atoms with Gasteiger partial charge in [-0.05, 0) is 43.3 Å². The zero-order valence-electron chi connectivity index (χ0n) is 16.9. The second-order valence-electron chi connectivity index (χ2n) is 6.95. The molecule has 2 aromatic carbocycles. The van der Waals surface area contributed by atoms with E-state index in [1.807, 2.05) is 0 Å². The number of esters is 1. The number of carbonyl (C=O) groups excluding carboxylic acids is 2. The van der Waals surface area contributed by atoms with Gasteiger partial charge in [-0.1, -0.05) is 12.1 Å². The first-order valence-corrected chi connectivity index (χ1v) is 11.3. The van der Waals surface area contributed by atoms with Gasteiger partial charge < -0.3 is 4.74 Å². The number of hydrogen-bond donors (Lipinski definition) is 1. The Morgan fingerprint density at radius 2 is 1.81 bits per heavy atom. The van der Waals surface area contributed by atoms with Crippen LogP contribution in [-0.4, -0.2) is 42.3 Å². The van der Waals surface area contributed by atoms with Crippen molar-refractivity contribution in [3.05, 3.63) is 70.5 Å². The van der Waals surface area contributed by atoms with E-state index in [2.05, 4.69) is 9.82 Å². The zero-order valence-corrected chi connectivity index (χ0v) is 17.8. The third kappa shape index (κ3) is 5.76. The Labute approximate surface area is 178 Å². The number of rotatable bonds is 8. The summed E-state index contributed by atoms with van der Waals surface area (Å²) in [5.74, 6) is -0.994. The molecule has 9 nitrogen and oxygen atoms in total. The number of aryl methyl sites for hydroxylation is 1. The number of aromatic nitrogens is 2. The lowest BCUT2D eigenvalue weighted by molar-refractivity contribution is -0.146. The number of ketones is 1. The molecule has 3 rings (SSSR count). The molecule has 0 amide bonds. The second-order valence-corrected chi connectivity index (χ2v) is 8.70. The lowest BCUT2D eigenvalue weighted by Gasteiger charge is -2.14. The van der Waals surface area contributed by atoms with Gasteiger partial charge >= 0.3 is 5.97 Å². The number of carbonyl (C=O) groups is 2. The number of Topliss-reactive ketones (excluding diaryl/α,β-unsaturated/α-hetero) is 1. The maximum atomic E-state index is 12.5. The first-order chi connectivity index (χ1) is 14.6. The van der Waals surface area contributed by atoms with Gasteiger partial charge in [0.15, 0.2) is 6.10 Å². The van der Waals surface area contributed by atoms with Crippen LogP contribution in [0.4, 0.5) is 5.69 Å². The van der Waals surface area contributed by atoms with Crippen LogP contribution in [0.5, 0.6) is 0 Å². The van der Waals surface area contributed by atoms with Crippen LogP contribution in [0.3, 0.4) is 0 Å². The molecule has 0 aliphatic carbocycles. The van der Waals surface area contributed by atoms with Crippen LogP contribution in [0.1, 0.15) is 23.7 Å². The predicted octanol–water partition coefficient (Wildman–Crippen LogP) is 1.97. The Balaban J connectivity index is 1.60. The van der Waals surface area contributed by atoms with Crippen molar-refractivity contribution in [2.75, 3.05) is 11.0 Å². The number of ether oxygens (including phenoxy) is 1. The van der Waals surface area contributed by atoms with Gasteiger partial charge in [0, 0.05) is 16.6 Å². The van der Waals surface area contributed by atoms with Gasteiger partial charge in [0.2, 0.25) is 21.2 Å². The fourth-order valence-corrected chi connectivity index (χ4v) is 3.56. The van der Waals surface area contributed by atoms with Gasteiger partial charge in [-0.25, -0.2) is 8.42 Å². The Kier molecular flexibility index (Phi) is 6.50. The van der Waals surface area contributed by atoms with Gasteiger partial charge in [0.05, 0.1) is 30.9 Å². The van der Waals surface area contributed by atoms with Crippen molar-refractivity contribution in [2.45, 2.75) is 26.0 Å². The number of anilines is 1. The first-order valence-electron chi connectivity index (χ1n) is 9.40. The van der Waals surface area contributed by atoms with Crippen molar-refractivity contribution in [2.24, 2.45) is 0 Å². The Bertz CT molecular complexity index is 1280. The average Bonchev–Trinajstić information content (AvgIpc) is 2.72. The first kappa shape index (κ1) is 22.2. The number of sulfonamides is 1. The Morgan fingerprint density at radius 1 is 1.13 bits per heavy atom. The largest absolute Gasteiger partial charge is 0.454 e. The van der Waals surface area contributed by atoms with Crippen LogP contribution in [-0.2, 0) is 26.1 Å². The highest BCUT2D eigenvalue weighted by Crippen LogP contribution is 2.14. The van der Waals surface area contributed by atoms with Gasteiger partial charge in [-0.15, -0.1) is 0 Å². The topological polar surface area (TPSA) is 124 Å². The predicted molar refractivity (Wildman–Crippen MR) is 115 cm³/mol. The van der Waals surface area contributed by atoms with E-state index >= 15 is 0 Å². The second kappa shape index (κ2) is 9.09. The van der Waals surface area contributed by atoms with Crippen LogP contribution >= 0.6 is 0 Å². The van der Waals surface area contributed by atoms with E-state index < -0.39 is 27.9 Å². The summed E-state index contributed by atoms with van der Waals surface area (Å²) in [6.45, 7) is 1.66. The van der Waals surface area contributed by atoms with Gasteiger partial charge in [0.1, 0.15) is 0 Å². The summed E-state index contributed by atoms with van der Waals surface area (Å²) in [6.07, 6.45) is 1.18. The molecular formula is C21H21N3O6S. The van der Waals surface area contributed by atoms with Crippen molar-refractivity contribution >= 4 is 38.4 Å². The van der Waals surface area contributed by atoms with E-state index in [-0.39, 0.29) is 24.0 Å². The average molecular weight is 443 g/mol. The van der Waals surface area contributed by atoms with E-state index in [0.29, 0.717) is 16.6 Å². The highest BCUT2D eigenvalue weighted by atomic mass is 32.2. The SMILES string of the molecule is CC(OC(=O)CCn1ncc(=O)c2ccccc21)C(=O)c1ccc(NS(C)(=O)=O)cc1. The quantitative estimate of drug-likeness (QED) is 0.417. The van der Waals surface area contributed by atoms with Crippen molar-refractivity contribution < 1.29 is 22.7 Å². The van der Waals surface area contributed by atoms with E-state index in [0.717, 1.165) is 6.26 Å². The monoisotopic (exact) mass is 443 g/mol. The molecule has 1 aromatic heterocycles. The summed E-state index contributed by atoms with van der Waals surface area (Å²) >= 11 is 0. The fourth-order valence-electron chi connectivity index (χ4n) is 3.00. The fraction of sp³-hybridized carbons (Fsp3) is 0.238. The van der Waals surface area contributed by atoms with Crippen molar-refractivity contribution in [1.29, 1.82) is 0 Å². The highest BCUT2D eigenvalue weighted by molar-refractivity contribution is 7.92. The summed E-state index contributed by atoms with van der Waals surface area (Å²) in [6, 6.07) is 12.8. The highest BCUT2D eigenvalue weighted by Gasteiger charge is 2.20. The van der Waals surface area contributed by atoms with Crippen LogP contribution in [0, 0.1) is 0 Å². The summed E-state index contributed by atoms with van der Waals surface area (Å²) in [7, 11) is -3.42. The van der Waals surface area contributed by atoms with Crippen LogP contribution < -0.4 is 10.2 Å². The molecule has 0 aliphatic rings. The van der Waals surface area contributed by atoms with E-state index in [1.54, 1.807) is 24.3 Å². The number of hydrogen-bond acceptors (Lipinski definition) is 7. The number of para-hydroxylation sites is 1. The van der Waals surface area contributed by atoms with E-state index in [4.69, 9.17) is 4.74 Å². The van der Waals surface area contributed by atoms with Crippen LogP contribution in [0.2, 0.25) is 0 Å². The third-order valence-electron chi connectivity index (χ3n) is 4.44. The molecule has 1 unspecified atom stereocenters. The maximum absolute atomic E-state index is 12.5. The summed E-state index contributed by atoms with van der Waals surface area (Å²) < 4.78 is 31.6. The van der Waals surface area contributed by atoms with Gasteiger partial charge in [0.25, 0.3) is 0 Å². The van der Waals surface area contributed by atoms with Crippen molar-refractivity contribution in [3.8, 4) is 0 Å². The summed E-state index contributed by atoms with van der Waals surface area (Å²) in [5.41, 5.74) is 1.01. The summed E-state index contributed by atoms with van der Waals surface area (Å²) in [4.78, 5) is 36.6. The van der Waals surface area contributed by atoms with Gasteiger partial charge in [-0.3, -0.25) is 23.8 Å². The molecule has 162 valence electrons. The molecule has 0 saturated carbocycles. The molecule has 0 bridgehead atoms. The van der Waals surface area contributed by atoms with Crippen molar-refractivity contribution in [3.63, 3.8) is 0 Å². The summed E-state index contributed by atoms with van der Waals surface area (Å²) in [5, 5.41) is 4.56. The molecule has 3 aromatic rings. The van der Waals surface area contributed by atoms with Gasteiger partial charge in [-0.2, -0.15) is 5.10 Å². The van der Waals surface area contributed by atoms with E-state index in [9.17, 15) is 22.8 Å². The maximum Gasteiger partial charge on any atom is 0.308 e. The molecule has 0 spiro atoms. The van der Waals surface area contributed by atoms with E-state index in [1.165, 1.54) is 42.1 Å². The molecule has 1 heterocycles. The zero-order chi connectivity index (χ0) is 22.6. The van der Waals surface area contributed by atoms with Crippen LogP contribution in [0.25, 0.3) is 10.9 Å². The Hall–Kier alpha value is -3.53. The molecule has 1 atom stereocenters. The molecular weight excluding hydrogens is 422 g/mol. The third-order valence-corrected chi connectivity index (χ3v) is 5.05. The smallest absolute Gasteiger partial charge is 0.308 e. The minimum absolute atomic E-state index is 0.0330. The molecule has 31 heavy (non-hydrogen) atoms. The molecule has 0 aliphatic heterocycles. The molecule has 1 N–H and O–H groups in total. The molecule has 0 fully saturated rings. The van der Waals surface area contributed by atoms with Crippen LogP contribution in [0.15, 0.2) is 59.5 Å².